The Balaban J connectivity index is 1.59. The fraction of sp³-hybridized carbons (Fsp3) is 0.300. The Bertz CT molecular complexity index is 770. The molecule has 2 aromatic carbocycles. The number of hydrogen-bond donors (Lipinski definition) is 1. The first-order valence-electron chi connectivity index (χ1n) is 8.42. The molecule has 0 radical (unpaired) electrons. The third-order valence-corrected chi connectivity index (χ3v) is 4.76. The number of nitrogens with zero attached hydrogens (tertiary/aromatic N) is 1. The summed E-state index contributed by atoms with van der Waals surface area (Å²) in [6.45, 7) is 2.66. The molecular formula is C20H21BrN2O2. The number of aryl methyl sites for hydroxylation is 1. The van der Waals surface area contributed by atoms with Gasteiger partial charge in [-0.15, -0.1) is 0 Å². The lowest BCUT2D eigenvalue weighted by Gasteiger charge is -2.23. The number of benzene rings is 2. The standard InChI is InChI=1S/C20H21BrN2O2/c1-14-5-7-15(8-6-14)13-23(18-9-10-18)19(24)12-22-20(25)16-3-2-4-17(21)11-16/h2-8,11,18H,9-10,12-13H2,1H3,(H,22,25). The zero-order valence-corrected chi connectivity index (χ0v) is 15.8. The van der Waals surface area contributed by atoms with E-state index in [1.54, 1.807) is 18.2 Å². The van der Waals surface area contributed by atoms with Gasteiger partial charge in [0.2, 0.25) is 5.91 Å². The minimum absolute atomic E-state index is 0.0215. The summed E-state index contributed by atoms with van der Waals surface area (Å²) >= 11 is 3.35. The topological polar surface area (TPSA) is 49.4 Å². The van der Waals surface area contributed by atoms with Crippen LogP contribution in [0.4, 0.5) is 0 Å². The van der Waals surface area contributed by atoms with E-state index in [2.05, 4.69) is 45.5 Å². The highest BCUT2D eigenvalue weighted by atomic mass is 79.9. The molecule has 1 N–H and O–H groups in total. The largest absolute Gasteiger partial charge is 0.343 e. The second kappa shape index (κ2) is 7.83. The minimum Gasteiger partial charge on any atom is -0.343 e. The van der Waals surface area contributed by atoms with Crippen molar-refractivity contribution in [2.75, 3.05) is 6.54 Å². The monoisotopic (exact) mass is 400 g/mol. The van der Waals surface area contributed by atoms with Crippen molar-refractivity contribution < 1.29 is 9.59 Å². The maximum absolute atomic E-state index is 12.6. The molecule has 0 atom stereocenters. The average Bonchev–Trinajstić information content (AvgIpc) is 3.43. The summed E-state index contributed by atoms with van der Waals surface area (Å²) in [6, 6.07) is 15.7. The molecule has 1 aliphatic carbocycles. The Morgan fingerprint density at radius 2 is 1.88 bits per heavy atom. The van der Waals surface area contributed by atoms with Gasteiger partial charge >= 0.3 is 0 Å². The van der Waals surface area contributed by atoms with Crippen LogP contribution >= 0.6 is 15.9 Å². The van der Waals surface area contributed by atoms with Gasteiger partial charge in [0, 0.05) is 22.6 Å². The summed E-state index contributed by atoms with van der Waals surface area (Å²) in [7, 11) is 0. The lowest BCUT2D eigenvalue weighted by Crippen LogP contribution is -2.41. The molecule has 130 valence electrons. The van der Waals surface area contributed by atoms with Crippen LogP contribution in [-0.2, 0) is 11.3 Å². The molecule has 0 spiro atoms. The first-order chi connectivity index (χ1) is 12.0. The Morgan fingerprint density at radius 3 is 2.52 bits per heavy atom. The highest BCUT2D eigenvalue weighted by Crippen LogP contribution is 2.28. The minimum atomic E-state index is -0.235. The molecule has 1 aliphatic rings. The first-order valence-corrected chi connectivity index (χ1v) is 9.21. The SMILES string of the molecule is Cc1ccc(CN(C(=O)CNC(=O)c2cccc(Br)c2)C2CC2)cc1. The summed E-state index contributed by atoms with van der Waals surface area (Å²) in [4.78, 5) is 26.7. The highest BCUT2D eigenvalue weighted by Gasteiger charge is 2.32. The summed E-state index contributed by atoms with van der Waals surface area (Å²) in [6.07, 6.45) is 2.08. The summed E-state index contributed by atoms with van der Waals surface area (Å²) < 4.78 is 0.838. The number of rotatable bonds is 6. The van der Waals surface area contributed by atoms with E-state index in [9.17, 15) is 9.59 Å². The van der Waals surface area contributed by atoms with E-state index in [0.29, 0.717) is 18.2 Å². The van der Waals surface area contributed by atoms with Gasteiger partial charge in [0.05, 0.1) is 6.54 Å². The molecule has 4 nitrogen and oxygen atoms in total. The van der Waals surface area contributed by atoms with Crippen molar-refractivity contribution in [3.63, 3.8) is 0 Å². The van der Waals surface area contributed by atoms with Crippen LogP contribution in [0.2, 0.25) is 0 Å². The van der Waals surface area contributed by atoms with Crippen molar-refractivity contribution in [3.05, 3.63) is 69.7 Å². The van der Waals surface area contributed by atoms with E-state index in [1.165, 1.54) is 5.56 Å². The molecule has 3 rings (SSSR count). The lowest BCUT2D eigenvalue weighted by molar-refractivity contribution is -0.131. The Labute approximate surface area is 156 Å². The van der Waals surface area contributed by atoms with Crippen LogP contribution < -0.4 is 5.32 Å². The third-order valence-electron chi connectivity index (χ3n) is 4.27. The molecule has 1 fully saturated rings. The van der Waals surface area contributed by atoms with Crippen molar-refractivity contribution in [2.45, 2.75) is 32.4 Å². The average molecular weight is 401 g/mol. The van der Waals surface area contributed by atoms with E-state index in [-0.39, 0.29) is 18.4 Å². The van der Waals surface area contributed by atoms with Gasteiger partial charge in [0.1, 0.15) is 0 Å². The second-order valence-electron chi connectivity index (χ2n) is 6.43. The number of amides is 2. The number of nitrogens with one attached hydrogen (secondary N) is 1. The molecule has 2 aromatic rings. The number of carbonyl (C=O) groups excluding carboxylic acids is 2. The van der Waals surface area contributed by atoms with Crippen molar-refractivity contribution in [2.24, 2.45) is 0 Å². The normalized spacial score (nSPS) is 13.4. The van der Waals surface area contributed by atoms with E-state index in [0.717, 1.165) is 22.9 Å². The van der Waals surface area contributed by atoms with Crippen LogP contribution in [0, 0.1) is 6.92 Å². The van der Waals surface area contributed by atoms with Crippen LogP contribution in [0.3, 0.4) is 0 Å². The van der Waals surface area contributed by atoms with Gasteiger partial charge in [-0.3, -0.25) is 9.59 Å². The predicted molar refractivity (Wildman–Crippen MR) is 101 cm³/mol. The zero-order valence-electron chi connectivity index (χ0n) is 14.2. The van der Waals surface area contributed by atoms with Crippen LogP contribution in [0.15, 0.2) is 53.0 Å². The summed E-state index contributed by atoms with van der Waals surface area (Å²) in [5.74, 6) is -0.271. The van der Waals surface area contributed by atoms with E-state index in [1.807, 2.05) is 17.9 Å². The maximum Gasteiger partial charge on any atom is 0.251 e. The van der Waals surface area contributed by atoms with E-state index >= 15 is 0 Å². The lowest BCUT2D eigenvalue weighted by atomic mass is 10.1. The van der Waals surface area contributed by atoms with Gasteiger partial charge in [-0.1, -0.05) is 51.8 Å². The molecule has 1 saturated carbocycles. The molecular weight excluding hydrogens is 380 g/mol. The van der Waals surface area contributed by atoms with Crippen LogP contribution in [0.5, 0.6) is 0 Å². The van der Waals surface area contributed by atoms with Gasteiger partial charge in [-0.2, -0.15) is 0 Å². The fourth-order valence-electron chi connectivity index (χ4n) is 2.69. The van der Waals surface area contributed by atoms with Crippen molar-refractivity contribution in [3.8, 4) is 0 Å². The fourth-order valence-corrected chi connectivity index (χ4v) is 3.09. The molecule has 0 heterocycles. The van der Waals surface area contributed by atoms with Crippen LogP contribution in [0.25, 0.3) is 0 Å². The molecule has 0 aromatic heterocycles. The summed E-state index contributed by atoms with van der Waals surface area (Å²) in [5, 5.41) is 2.73. The van der Waals surface area contributed by atoms with Crippen molar-refractivity contribution >= 4 is 27.7 Å². The number of hydrogen-bond acceptors (Lipinski definition) is 2. The second-order valence-corrected chi connectivity index (χ2v) is 7.35. The van der Waals surface area contributed by atoms with Gasteiger partial charge in [-0.25, -0.2) is 0 Å². The highest BCUT2D eigenvalue weighted by molar-refractivity contribution is 9.10. The van der Waals surface area contributed by atoms with Crippen molar-refractivity contribution in [1.82, 2.24) is 10.2 Å². The number of carbonyl (C=O) groups is 2. The predicted octanol–water partition coefficient (Wildman–Crippen LogP) is 3.68. The van der Waals surface area contributed by atoms with Gasteiger partial charge in [-0.05, 0) is 43.5 Å². The van der Waals surface area contributed by atoms with Crippen LogP contribution in [-0.4, -0.2) is 29.3 Å². The van der Waals surface area contributed by atoms with E-state index < -0.39 is 0 Å². The molecule has 0 bridgehead atoms. The Hall–Kier alpha value is -2.14. The van der Waals surface area contributed by atoms with Crippen molar-refractivity contribution in [1.29, 1.82) is 0 Å². The smallest absolute Gasteiger partial charge is 0.251 e. The molecule has 0 unspecified atom stereocenters. The Morgan fingerprint density at radius 1 is 1.16 bits per heavy atom. The first kappa shape index (κ1) is 17.7. The Kier molecular flexibility index (Phi) is 5.53. The maximum atomic E-state index is 12.6. The molecule has 5 heteroatoms. The van der Waals surface area contributed by atoms with Gasteiger partial charge < -0.3 is 10.2 Å². The number of halogens is 1. The zero-order chi connectivity index (χ0) is 17.8. The van der Waals surface area contributed by atoms with Gasteiger partial charge in [0.25, 0.3) is 5.91 Å². The molecule has 0 aliphatic heterocycles. The third kappa shape index (κ3) is 4.92. The van der Waals surface area contributed by atoms with Gasteiger partial charge in [0.15, 0.2) is 0 Å². The quantitative estimate of drug-likeness (QED) is 0.803. The van der Waals surface area contributed by atoms with Crippen LogP contribution in [0.1, 0.15) is 34.3 Å². The molecule has 2 amide bonds. The summed E-state index contributed by atoms with van der Waals surface area (Å²) in [5.41, 5.74) is 2.86. The molecule has 25 heavy (non-hydrogen) atoms. The van der Waals surface area contributed by atoms with E-state index in [4.69, 9.17) is 0 Å². The molecule has 0 saturated heterocycles.